The lowest BCUT2D eigenvalue weighted by atomic mass is 10.1. The predicted molar refractivity (Wildman–Crippen MR) is 78.4 cm³/mol. The number of aliphatic carboxylic acids is 1. The number of carboxylic acids is 1. The first-order valence-corrected chi connectivity index (χ1v) is 6.97. The molecule has 5 heteroatoms. The third-order valence-corrected chi connectivity index (χ3v) is 3.59. The molecule has 1 saturated heterocycles. The van der Waals surface area contributed by atoms with Crippen LogP contribution < -0.4 is 14.7 Å². The molecule has 112 valence electrons. The van der Waals surface area contributed by atoms with Gasteiger partial charge in [-0.1, -0.05) is 18.2 Å². The second-order valence-electron chi connectivity index (χ2n) is 5.13. The first kappa shape index (κ1) is 14.1. The standard InChI is InChI=1S/C17H15NO4/c19-16-10-12(17(20)21)11-18(16)13-6-8-15(9-7-13)22-14-4-2-1-3-5-14/h1-9,12H,10-11H2,(H,20,21)/p-1. The van der Waals surface area contributed by atoms with E-state index < -0.39 is 11.9 Å². The molecule has 5 nitrogen and oxygen atoms in total. The van der Waals surface area contributed by atoms with Crippen molar-refractivity contribution in [2.24, 2.45) is 5.92 Å². The third-order valence-electron chi connectivity index (χ3n) is 3.59. The van der Waals surface area contributed by atoms with Gasteiger partial charge in [-0.15, -0.1) is 0 Å². The average Bonchev–Trinajstić information content (AvgIpc) is 2.91. The molecule has 0 N–H and O–H groups in total. The van der Waals surface area contributed by atoms with Crippen LogP contribution in [0.25, 0.3) is 0 Å². The number of carbonyl (C=O) groups is 2. The van der Waals surface area contributed by atoms with E-state index in [9.17, 15) is 14.7 Å². The maximum absolute atomic E-state index is 11.9. The number of hydrogen-bond donors (Lipinski definition) is 0. The van der Waals surface area contributed by atoms with Gasteiger partial charge in [0.1, 0.15) is 11.5 Å². The minimum Gasteiger partial charge on any atom is -0.550 e. The Morgan fingerprint density at radius 3 is 2.27 bits per heavy atom. The summed E-state index contributed by atoms with van der Waals surface area (Å²) in [6.07, 6.45) is -0.00933. The molecule has 1 amide bonds. The second kappa shape index (κ2) is 5.89. The van der Waals surface area contributed by atoms with Crippen LogP contribution in [0.2, 0.25) is 0 Å². The van der Waals surface area contributed by atoms with E-state index in [1.54, 1.807) is 24.3 Å². The summed E-state index contributed by atoms with van der Waals surface area (Å²) in [7, 11) is 0. The minimum atomic E-state index is -1.18. The first-order valence-electron chi connectivity index (χ1n) is 6.97. The van der Waals surface area contributed by atoms with Gasteiger partial charge in [0.15, 0.2) is 0 Å². The normalized spacial score (nSPS) is 17.5. The monoisotopic (exact) mass is 296 g/mol. The van der Waals surface area contributed by atoms with Crippen molar-refractivity contribution in [3.63, 3.8) is 0 Å². The molecular weight excluding hydrogens is 282 g/mol. The molecule has 0 saturated carbocycles. The number of amides is 1. The van der Waals surface area contributed by atoms with E-state index in [0.717, 1.165) is 5.75 Å². The van der Waals surface area contributed by atoms with Gasteiger partial charge in [-0.2, -0.15) is 0 Å². The van der Waals surface area contributed by atoms with Crippen LogP contribution in [-0.4, -0.2) is 18.4 Å². The highest BCUT2D eigenvalue weighted by Gasteiger charge is 2.31. The Hall–Kier alpha value is -2.82. The van der Waals surface area contributed by atoms with Gasteiger partial charge in [0.25, 0.3) is 0 Å². The molecule has 1 unspecified atom stereocenters. The van der Waals surface area contributed by atoms with Crippen LogP contribution in [0, 0.1) is 5.92 Å². The van der Waals surface area contributed by atoms with Crippen LogP contribution in [0.3, 0.4) is 0 Å². The van der Waals surface area contributed by atoms with Gasteiger partial charge in [0, 0.05) is 30.5 Å². The Morgan fingerprint density at radius 1 is 1.05 bits per heavy atom. The molecule has 0 aliphatic carbocycles. The average molecular weight is 296 g/mol. The topological polar surface area (TPSA) is 69.7 Å². The molecular formula is C17H14NO4-. The highest BCUT2D eigenvalue weighted by Crippen LogP contribution is 2.28. The number of benzene rings is 2. The largest absolute Gasteiger partial charge is 0.550 e. The van der Waals surface area contributed by atoms with Crippen molar-refractivity contribution in [2.45, 2.75) is 6.42 Å². The van der Waals surface area contributed by atoms with E-state index in [1.165, 1.54) is 4.90 Å². The van der Waals surface area contributed by atoms with Crippen molar-refractivity contribution in [1.29, 1.82) is 0 Å². The zero-order valence-corrected chi connectivity index (χ0v) is 11.8. The zero-order valence-electron chi connectivity index (χ0n) is 11.8. The smallest absolute Gasteiger partial charge is 0.227 e. The van der Waals surface area contributed by atoms with E-state index in [1.807, 2.05) is 30.3 Å². The lowest BCUT2D eigenvalue weighted by Gasteiger charge is -2.17. The van der Waals surface area contributed by atoms with Crippen LogP contribution in [0.5, 0.6) is 11.5 Å². The Kier molecular flexibility index (Phi) is 3.78. The van der Waals surface area contributed by atoms with E-state index in [0.29, 0.717) is 11.4 Å². The summed E-state index contributed by atoms with van der Waals surface area (Å²) in [4.78, 5) is 24.2. The lowest BCUT2D eigenvalue weighted by Crippen LogP contribution is -2.33. The van der Waals surface area contributed by atoms with Gasteiger partial charge in [0.05, 0.1) is 0 Å². The third kappa shape index (κ3) is 2.93. The number of rotatable bonds is 4. The lowest BCUT2D eigenvalue weighted by molar-refractivity contribution is -0.310. The number of carboxylic acid groups (broad SMARTS) is 1. The SMILES string of the molecule is O=C([O-])C1CC(=O)N(c2ccc(Oc3ccccc3)cc2)C1. The molecule has 3 rings (SSSR count). The fourth-order valence-electron chi connectivity index (χ4n) is 2.43. The number of anilines is 1. The van der Waals surface area contributed by atoms with Gasteiger partial charge in [-0.05, 0) is 36.4 Å². The molecule has 1 aliphatic rings. The van der Waals surface area contributed by atoms with Crippen molar-refractivity contribution < 1.29 is 19.4 Å². The molecule has 0 aromatic heterocycles. The first-order chi connectivity index (χ1) is 10.6. The quantitative estimate of drug-likeness (QED) is 0.859. The van der Waals surface area contributed by atoms with Crippen LogP contribution in [-0.2, 0) is 9.59 Å². The zero-order chi connectivity index (χ0) is 15.5. The summed E-state index contributed by atoms with van der Waals surface area (Å²) in [6, 6.07) is 16.4. The molecule has 1 fully saturated rings. The molecule has 1 atom stereocenters. The molecule has 0 radical (unpaired) electrons. The van der Waals surface area contributed by atoms with Gasteiger partial charge < -0.3 is 19.5 Å². The highest BCUT2D eigenvalue weighted by atomic mass is 16.5. The van der Waals surface area contributed by atoms with E-state index in [2.05, 4.69) is 0 Å². The van der Waals surface area contributed by atoms with Crippen molar-refractivity contribution >= 4 is 17.6 Å². The summed E-state index contributed by atoms with van der Waals surface area (Å²) in [5.41, 5.74) is 0.661. The van der Waals surface area contributed by atoms with E-state index >= 15 is 0 Å². The fourth-order valence-corrected chi connectivity index (χ4v) is 2.43. The number of nitrogens with zero attached hydrogens (tertiary/aromatic N) is 1. The minimum absolute atomic E-state index is 0.00933. The van der Waals surface area contributed by atoms with Gasteiger partial charge in [-0.25, -0.2) is 0 Å². The summed E-state index contributed by atoms with van der Waals surface area (Å²) < 4.78 is 5.67. The predicted octanol–water partition coefficient (Wildman–Crippen LogP) is 1.58. The fraction of sp³-hybridized carbons (Fsp3) is 0.176. The molecule has 1 heterocycles. The van der Waals surface area contributed by atoms with Crippen molar-refractivity contribution in [1.82, 2.24) is 0 Å². The summed E-state index contributed by atoms with van der Waals surface area (Å²) >= 11 is 0. The molecule has 0 bridgehead atoms. The van der Waals surface area contributed by atoms with E-state index in [-0.39, 0.29) is 18.9 Å². The Balaban J connectivity index is 1.72. The molecule has 22 heavy (non-hydrogen) atoms. The van der Waals surface area contributed by atoms with Crippen molar-refractivity contribution in [3.05, 3.63) is 54.6 Å². The van der Waals surface area contributed by atoms with Crippen molar-refractivity contribution in [3.8, 4) is 11.5 Å². The molecule has 2 aromatic carbocycles. The van der Waals surface area contributed by atoms with E-state index in [4.69, 9.17) is 4.74 Å². The molecule has 0 spiro atoms. The Morgan fingerprint density at radius 2 is 1.68 bits per heavy atom. The summed E-state index contributed by atoms with van der Waals surface area (Å²) in [5.74, 6) is -0.749. The van der Waals surface area contributed by atoms with Gasteiger partial charge in [0.2, 0.25) is 5.91 Å². The highest BCUT2D eigenvalue weighted by molar-refractivity contribution is 5.98. The van der Waals surface area contributed by atoms with Gasteiger partial charge >= 0.3 is 0 Å². The maximum Gasteiger partial charge on any atom is 0.227 e. The van der Waals surface area contributed by atoms with Crippen LogP contribution in [0.15, 0.2) is 54.6 Å². The number of para-hydroxylation sites is 1. The number of carbonyl (C=O) groups excluding carboxylic acids is 2. The Bertz CT molecular complexity index is 682. The number of hydrogen-bond acceptors (Lipinski definition) is 4. The van der Waals surface area contributed by atoms with Crippen LogP contribution in [0.4, 0.5) is 5.69 Å². The summed E-state index contributed by atoms with van der Waals surface area (Å²) in [5, 5.41) is 10.9. The molecule has 2 aromatic rings. The van der Waals surface area contributed by atoms with Crippen LogP contribution in [0.1, 0.15) is 6.42 Å². The second-order valence-corrected chi connectivity index (χ2v) is 5.13. The summed E-state index contributed by atoms with van der Waals surface area (Å²) in [6.45, 7) is 0.153. The molecule has 1 aliphatic heterocycles. The number of ether oxygens (including phenoxy) is 1. The van der Waals surface area contributed by atoms with Crippen molar-refractivity contribution in [2.75, 3.05) is 11.4 Å². The van der Waals surface area contributed by atoms with Gasteiger partial charge in [-0.3, -0.25) is 4.79 Å². The Labute approximate surface area is 127 Å². The van der Waals surface area contributed by atoms with Crippen LogP contribution >= 0.6 is 0 Å². The maximum atomic E-state index is 11.9.